The highest BCUT2D eigenvalue weighted by Crippen LogP contribution is 2.19. The number of hydrogen-bond donors (Lipinski definition) is 3. The Balaban J connectivity index is 2.51. The molecule has 4 N–H and O–H groups in total. The Kier molecular flexibility index (Phi) is 5.57. The van der Waals surface area contributed by atoms with E-state index in [2.05, 4.69) is 26.4 Å². The van der Waals surface area contributed by atoms with Crippen LogP contribution in [0.3, 0.4) is 0 Å². The maximum absolute atomic E-state index is 13.4. The Morgan fingerprint density at radius 1 is 1.56 bits per heavy atom. The van der Waals surface area contributed by atoms with Crippen molar-refractivity contribution in [2.45, 2.75) is 12.8 Å². The summed E-state index contributed by atoms with van der Waals surface area (Å²) in [5.74, 6) is -0.992. The number of amidine groups is 1. The maximum Gasteiger partial charge on any atom is 0.255 e. The quantitative estimate of drug-likeness (QED) is 0.254. The van der Waals surface area contributed by atoms with Gasteiger partial charge in [0.15, 0.2) is 0 Å². The lowest BCUT2D eigenvalue weighted by atomic mass is 10.2. The normalized spacial score (nSPS) is 11.3. The van der Waals surface area contributed by atoms with Crippen LogP contribution in [0.5, 0.6) is 0 Å². The van der Waals surface area contributed by atoms with Crippen LogP contribution in [0.1, 0.15) is 23.2 Å². The number of oxime groups is 1. The Morgan fingerprint density at radius 3 is 2.89 bits per heavy atom. The van der Waals surface area contributed by atoms with Crippen LogP contribution in [0.4, 0.5) is 4.39 Å². The van der Waals surface area contributed by atoms with E-state index < -0.39 is 11.7 Å². The van der Waals surface area contributed by atoms with Gasteiger partial charge in [0.25, 0.3) is 5.91 Å². The number of halogens is 2. The standard InChI is InChI=1S/C11H13BrFN3O2/c12-7-3-1-4-8(13)10(7)11(17)15-6-2-5-9(14)16-18/h1,3-4,18H,2,5-6H2,(H2,14,16)(H,15,17). The van der Waals surface area contributed by atoms with Crippen molar-refractivity contribution >= 4 is 27.7 Å². The molecule has 1 aromatic rings. The molecule has 0 saturated carbocycles. The molecular weight excluding hydrogens is 305 g/mol. The van der Waals surface area contributed by atoms with Gasteiger partial charge in [0.05, 0.1) is 5.56 Å². The van der Waals surface area contributed by atoms with Crippen molar-refractivity contribution in [2.24, 2.45) is 10.9 Å². The number of carbonyl (C=O) groups is 1. The first-order chi connectivity index (χ1) is 8.56. The van der Waals surface area contributed by atoms with Crippen molar-refractivity contribution in [1.82, 2.24) is 5.32 Å². The van der Waals surface area contributed by atoms with Gasteiger partial charge in [-0.05, 0) is 34.5 Å². The number of nitrogens with two attached hydrogens (primary N) is 1. The van der Waals surface area contributed by atoms with E-state index in [1.807, 2.05) is 0 Å². The van der Waals surface area contributed by atoms with Gasteiger partial charge < -0.3 is 16.3 Å². The van der Waals surface area contributed by atoms with Crippen LogP contribution >= 0.6 is 15.9 Å². The summed E-state index contributed by atoms with van der Waals surface area (Å²) in [4.78, 5) is 11.7. The second-order valence-corrected chi connectivity index (χ2v) is 4.40. The Labute approximate surface area is 112 Å². The van der Waals surface area contributed by atoms with Crippen LogP contribution in [-0.4, -0.2) is 23.5 Å². The van der Waals surface area contributed by atoms with Crippen molar-refractivity contribution in [1.29, 1.82) is 0 Å². The minimum absolute atomic E-state index is 0.0266. The Bertz CT molecular complexity index is 445. The molecule has 0 bridgehead atoms. The molecule has 0 aliphatic heterocycles. The predicted octanol–water partition coefficient (Wildman–Crippen LogP) is 1.84. The fourth-order valence-electron chi connectivity index (χ4n) is 1.32. The number of amides is 1. The van der Waals surface area contributed by atoms with Gasteiger partial charge >= 0.3 is 0 Å². The van der Waals surface area contributed by atoms with Crippen molar-refractivity contribution in [3.05, 3.63) is 34.1 Å². The van der Waals surface area contributed by atoms with Crippen molar-refractivity contribution < 1.29 is 14.4 Å². The number of hydrogen-bond acceptors (Lipinski definition) is 3. The highest BCUT2D eigenvalue weighted by Gasteiger charge is 2.14. The highest BCUT2D eigenvalue weighted by molar-refractivity contribution is 9.10. The van der Waals surface area contributed by atoms with Crippen LogP contribution in [0, 0.1) is 5.82 Å². The molecular formula is C11H13BrFN3O2. The fourth-order valence-corrected chi connectivity index (χ4v) is 1.85. The van der Waals surface area contributed by atoms with Crippen LogP contribution in [0.2, 0.25) is 0 Å². The first-order valence-electron chi connectivity index (χ1n) is 5.25. The van der Waals surface area contributed by atoms with Gasteiger partial charge in [-0.3, -0.25) is 4.79 Å². The summed E-state index contributed by atoms with van der Waals surface area (Å²) < 4.78 is 13.8. The van der Waals surface area contributed by atoms with E-state index in [9.17, 15) is 9.18 Å². The number of benzene rings is 1. The molecule has 0 unspecified atom stereocenters. The summed E-state index contributed by atoms with van der Waals surface area (Å²) in [6, 6.07) is 4.32. The summed E-state index contributed by atoms with van der Waals surface area (Å²) in [5.41, 5.74) is 5.24. The van der Waals surface area contributed by atoms with E-state index in [0.717, 1.165) is 0 Å². The number of nitrogens with zero attached hydrogens (tertiary/aromatic N) is 1. The number of nitrogens with one attached hydrogen (secondary N) is 1. The van der Waals surface area contributed by atoms with Gasteiger partial charge in [-0.1, -0.05) is 11.2 Å². The molecule has 0 atom stereocenters. The summed E-state index contributed by atoms with van der Waals surface area (Å²) >= 11 is 3.12. The molecule has 0 heterocycles. The lowest BCUT2D eigenvalue weighted by Gasteiger charge is -2.07. The predicted molar refractivity (Wildman–Crippen MR) is 69.1 cm³/mol. The van der Waals surface area contributed by atoms with Crippen LogP contribution < -0.4 is 11.1 Å². The molecule has 1 amide bonds. The first kappa shape index (κ1) is 14.4. The second-order valence-electron chi connectivity index (χ2n) is 3.55. The van der Waals surface area contributed by atoms with Crippen molar-refractivity contribution in [2.75, 3.05) is 6.54 Å². The molecule has 0 fully saturated rings. The van der Waals surface area contributed by atoms with Crippen LogP contribution in [0.25, 0.3) is 0 Å². The van der Waals surface area contributed by atoms with E-state index in [1.54, 1.807) is 6.07 Å². The maximum atomic E-state index is 13.4. The SMILES string of the molecule is N/C(CCCNC(=O)c1c(F)cccc1Br)=N/O. The van der Waals surface area contributed by atoms with Gasteiger partial charge in [-0.2, -0.15) is 0 Å². The monoisotopic (exact) mass is 317 g/mol. The second kappa shape index (κ2) is 6.95. The van der Waals surface area contributed by atoms with Gasteiger partial charge in [0.2, 0.25) is 0 Å². The zero-order valence-corrected chi connectivity index (χ0v) is 11.1. The summed E-state index contributed by atoms with van der Waals surface area (Å²) in [5, 5.41) is 13.7. The molecule has 18 heavy (non-hydrogen) atoms. The number of carbonyl (C=O) groups excluding carboxylic acids is 1. The molecule has 1 rings (SSSR count). The van der Waals surface area contributed by atoms with Crippen molar-refractivity contribution in [3.8, 4) is 0 Å². The van der Waals surface area contributed by atoms with Crippen LogP contribution in [-0.2, 0) is 0 Å². The topological polar surface area (TPSA) is 87.7 Å². The lowest BCUT2D eigenvalue weighted by molar-refractivity contribution is 0.0948. The van der Waals surface area contributed by atoms with Crippen molar-refractivity contribution in [3.63, 3.8) is 0 Å². The molecule has 0 aliphatic carbocycles. The van der Waals surface area contributed by atoms with Gasteiger partial charge in [-0.15, -0.1) is 0 Å². The summed E-state index contributed by atoms with van der Waals surface area (Å²) in [7, 11) is 0. The van der Waals surface area contributed by atoms with Gasteiger partial charge in [0, 0.05) is 17.4 Å². The molecule has 1 aromatic carbocycles. The average molecular weight is 318 g/mol. The number of rotatable bonds is 5. The highest BCUT2D eigenvalue weighted by atomic mass is 79.9. The molecule has 7 heteroatoms. The van der Waals surface area contributed by atoms with E-state index in [0.29, 0.717) is 23.9 Å². The van der Waals surface area contributed by atoms with Gasteiger partial charge in [-0.25, -0.2) is 4.39 Å². The zero-order valence-electron chi connectivity index (χ0n) is 9.49. The van der Waals surface area contributed by atoms with E-state index >= 15 is 0 Å². The molecule has 5 nitrogen and oxygen atoms in total. The fraction of sp³-hybridized carbons (Fsp3) is 0.273. The Hall–Kier alpha value is -1.63. The largest absolute Gasteiger partial charge is 0.409 e. The lowest BCUT2D eigenvalue weighted by Crippen LogP contribution is -2.26. The first-order valence-corrected chi connectivity index (χ1v) is 6.04. The molecule has 98 valence electrons. The average Bonchev–Trinajstić information content (AvgIpc) is 2.34. The molecule has 0 aliphatic rings. The minimum Gasteiger partial charge on any atom is -0.409 e. The van der Waals surface area contributed by atoms with Gasteiger partial charge in [0.1, 0.15) is 11.7 Å². The minimum atomic E-state index is -0.585. The molecule has 0 radical (unpaired) electrons. The molecule has 0 saturated heterocycles. The molecule has 0 spiro atoms. The van der Waals surface area contributed by atoms with E-state index in [-0.39, 0.29) is 11.4 Å². The summed E-state index contributed by atoms with van der Waals surface area (Å²) in [6.07, 6.45) is 0.864. The summed E-state index contributed by atoms with van der Waals surface area (Å²) in [6.45, 7) is 0.315. The third kappa shape index (κ3) is 3.99. The molecule has 0 aromatic heterocycles. The third-order valence-corrected chi connectivity index (χ3v) is 2.87. The smallest absolute Gasteiger partial charge is 0.255 e. The Morgan fingerprint density at radius 2 is 2.28 bits per heavy atom. The van der Waals surface area contributed by atoms with E-state index in [1.165, 1.54) is 12.1 Å². The van der Waals surface area contributed by atoms with E-state index in [4.69, 9.17) is 10.9 Å². The van der Waals surface area contributed by atoms with Crippen LogP contribution in [0.15, 0.2) is 27.8 Å². The zero-order chi connectivity index (χ0) is 13.5. The third-order valence-electron chi connectivity index (χ3n) is 2.21.